The van der Waals surface area contributed by atoms with E-state index in [9.17, 15) is 14.0 Å². The summed E-state index contributed by atoms with van der Waals surface area (Å²) in [6.07, 6.45) is 1.63. The van der Waals surface area contributed by atoms with Gasteiger partial charge in [-0.05, 0) is 37.3 Å². The van der Waals surface area contributed by atoms with Crippen LogP contribution in [-0.4, -0.2) is 26.8 Å². The number of aryl methyl sites for hydroxylation is 1. The van der Waals surface area contributed by atoms with Crippen LogP contribution in [-0.2, 0) is 6.61 Å². The van der Waals surface area contributed by atoms with Crippen molar-refractivity contribution < 1.29 is 18.7 Å². The van der Waals surface area contributed by atoms with Gasteiger partial charge in [0.05, 0.1) is 11.4 Å². The Morgan fingerprint density at radius 3 is 2.74 bits per heavy atom. The Morgan fingerprint density at radius 2 is 2.03 bits per heavy atom. The number of hydrogen-bond acceptors (Lipinski definition) is 7. The number of carbonyl (C=O) groups excluding carboxylic acids is 2. The van der Waals surface area contributed by atoms with E-state index < -0.39 is 5.91 Å². The Labute approximate surface area is 183 Å². The van der Waals surface area contributed by atoms with Crippen molar-refractivity contribution >= 4 is 39.6 Å². The standard InChI is InChI=1S/C20H16FN5O3S2/c1-10-17(31-16(24-10)8-29-13-4-2-12(21)3-5-13)19(28)26-20-25-15(9-30-20)11-6-14(18(22)27)23-7-11/h2-7,9,23H,8H2,1H3,(H2,22,27)(H,25,26,28). The number of thiazole rings is 2. The van der Waals surface area contributed by atoms with Gasteiger partial charge in [-0.1, -0.05) is 0 Å². The van der Waals surface area contributed by atoms with Gasteiger partial charge in [-0.3, -0.25) is 14.9 Å². The zero-order chi connectivity index (χ0) is 22.0. The lowest BCUT2D eigenvalue weighted by Crippen LogP contribution is -2.11. The number of amides is 2. The second-order valence-corrected chi connectivity index (χ2v) is 8.36. The van der Waals surface area contributed by atoms with E-state index in [1.807, 2.05) is 0 Å². The molecule has 4 aromatic rings. The number of carbonyl (C=O) groups is 2. The molecule has 4 N–H and O–H groups in total. The minimum atomic E-state index is -0.560. The highest BCUT2D eigenvalue weighted by molar-refractivity contribution is 7.15. The van der Waals surface area contributed by atoms with Gasteiger partial charge in [-0.2, -0.15) is 0 Å². The Bertz CT molecular complexity index is 1250. The molecule has 1 aromatic carbocycles. The predicted molar refractivity (Wildman–Crippen MR) is 116 cm³/mol. The van der Waals surface area contributed by atoms with Crippen molar-refractivity contribution in [3.63, 3.8) is 0 Å². The maximum absolute atomic E-state index is 13.0. The number of primary amides is 1. The lowest BCUT2D eigenvalue weighted by atomic mass is 10.2. The maximum Gasteiger partial charge on any atom is 0.269 e. The van der Waals surface area contributed by atoms with Gasteiger partial charge in [-0.25, -0.2) is 14.4 Å². The number of H-pyrrole nitrogens is 1. The highest BCUT2D eigenvalue weighted by Crippen LogP contribution is 2.27. The van der Waals surface area contributed by atoms with Crippen molar-refractivity contribution in [2.45, 2.75) is 13.5 Å². The Hall–Kier alpha value is -3.57. The summed E-state index contributed by atoms with van der Waals surface area (Å²) in [4.78, 5) is 35.9. The lowest BCUT2D eigenvalue weighted by molar-refractivity contribution is 0.0994. The molecule has 8 nitrogen and oxygen atoms in total. The summed E-state index contributed by atoms with van der Waals surface area (Å²) < 4.78 is 18.6. The summed E-state index contributed by atoms with van der Waals surface area (Å²) in [7, 11) is 0. The monoisotopic (exact) mass is 457 g/mol. The fourth-order valence-corrected chi connectivity index (χ4v) is 4.29. The van der Waals surface area contributed by atoms with Crippen LogP contribution in [0.4, 0.5) is 9.52 Å². The van der Waals surface area contributed by atoms with Gasteiger partial charge >= 0.3 is 0 Å². The summed E-state index contributed by atoms with van der Waals surface area (Å²) in [6, 6.07) is 7.28. The van der Waals surface area contributed by atoms with Crippen LogP contribution in [0.25, 0.3) is 11.3 Å². The normalized spacial score (nSPS) is 10.8. The zero-order valence-corrected chi connectivity index (χ0v) is 17.8. The summed E-state index contributed by atoms with van der Waals surface area (Å²) in [5.41, 5.74) is 7.41. The van der Waals surface area contributed by atoms with Crippen LogP contribution in [0.5, 0.6) is 5.75 Å². The molecular weight excluding hydrogens is 441 g/mol. The second-order valence-electron chi connectivity index (χ2n) is 6.42. The van der Waals surface area contributed by atoms with E-state index in [0.717, 1.165) is 0 Å². The summed E-state index contributed by atoms with van der Waals surface area (Å²) >= 11 is 2.48. The Morgan fingerprint density at radius 1 is 1.26 bits per heavy atom. The molecule has 0 atom stereocenters. The molecule has 11 heteroatoms. The number of hydrogen-bond donors (Lipinski definition) is 3. The van der Waals surface area contributed by atoms with E-state index in [0.29, 0.717) is 37.7 Å². The van der Waals surface area contributed by atoms with Crippen molar-refractivity contribution in [2.24, 2.45) is 5.73 Å². The average molecular weight is 458 g/mol. The molecule has 0 aliphatic rings. The smallest absolute Gasteiger partial charge is 0.269 e. The van der Waals surface area contributed by atoms with Crippen LogP contribution in [0.3, 0.4) is 0 Å². The molecule has 4 rings (SSSR count). The van der Waals surface area contributed by atoms with Crippen LogP contribution in [0.15, 0.2) is 41.9 Å². The number of ether oxygens (including phenoxy) is 1. The molecule has 3 heterocycles. The van der Waals surface area contributed by atoms with E-state index in [-0.39, 0.29) is 24.0 Å². The first kappa shape index (κ1) is 20.7. The van der Waals surface area contributed by atoms with Crippen LogP contribution < -0.4 is 15.8 Å². The van der Waals surface area contributed by atoms with E-state index in [1.165, 1.54) is 46.9 Å². The van der Waals surface area contributed by atoms with Crippen LogP contribution in [0, 0.1) is 12.7 Å². The average Bonchev–Trinajstić information content (AvgIpc) is 3.47. The minimum Gasteiger partial charge on any atom is -0.486 e. The highest BCUT2D eigenvalue weighted by Gasteiger charge is 2.18. The quantitative estimate of drug-likeness (QED) is 0.387. The molecule has 0 radical (unpaired) electrons. The first-order chi connectivity index (χ1) is 14.9. The fraction of sp³-hybridized carbons (Fsp3) is 0.100. The first-order valence-electron chi connectivity index (χ1n) is 8.99. The molecule has 0 aliphatic heterocycles. The number of nitrogens with zero attached hydrogens (tertiary/aromatic N) is 2. The van der Waals surface area contributed by atoms with Gasteiger partial charge in [0.2, 0.25) is 0 Å². The third kappa shape index (κ3) is 4.78. The topological polar surface area (TPSA) is 123 Å². The van der Waals surface area contributed by atoms with E-state index in [1.54, 1.807) is 24.6 Å². The maximum atomic E-state index is 13.0. The van der Waals surface area contributed by atoms with Gasteiger partial charge in [-0.15, -0.1) is 22.7 Å². The van der Waals surface area contributed by atoms with E-state index in [4.69, 9.17) is 10.5 Å². The predicted octanol–water partition coefficient (Wildman–Crippen LogP) is 3.97. The number of nitrogens with two attached hydrogens (primary N) is 1. The van der Waals surface area contributed by atoms with Gasteiger partial charge in [0, 0.05) is 17.1 Å². The summed E-state index contributed by atoms with van der Waals surface area (Å²) in [5, 5.41) is 5.57. The number of aromatic amines is 1. The molecule has 31 heavy (non-hydrogen) atoms. The molecule has 3 aromatic heterocycles. The molecule has 0 aliphatic carbocycles. The van der Waals surface area contributed by atoms with Gasteiger partial charge in [0.15, 0.2) is 5.13 Å². The van der Waals surface area contributed by atoms with Crippen molar-refractivity contribution in [3.8, 4) is 17.0 Å². The first-order valence-corrected chi connectivity index (χ1v) is 10.7. The molecule has 158 valence electrons. The minimum absolute atomic E-state index is 0.168. The van der Waals surface area contributed by atoms with Crippen molar-refractivity contribution in [1.82, 2.24) is 15.0 Å². The third-order valence-corrected chi connectivity index (χ3v) is 6.08. The molecule has 0 fully saturated rings. The Balaban J connectivity index is 1.41. The number of benzene rings is 1. The molecule has 0 bridgehead atoms. The molecule has 0 saturated heterocycles. The fourth-order valence-electron chi connectivity index (χ4n) is 2.70. The number of nitrogens with one attached hydrogen (secondary N) is 2. The van der Waals surface area contributed by atoms with Gasteiger partial charge in [0.25, 0.3) is 11.8 Å². The van der Waals surface area contributed by atoms with Crippen LogP contribution in [0.2, 0.25) is 0 Å². The third-order valence-electron chi connectivity index (χ3n) is 4.19. The largest absolute Gasteiger partial charge is 0.486 e. The Kier molecular flexibility index (Phi) is 5.78. The summed E-state index contributed by atoms with van der Waals surface area (Å²) in [5.74, 6) is -0.711. The summed E-state index contributed by atoms with van der Waals surface area (Å²) in [6.45, 7) is 1.91. The van der Waals surface area contributed by atoms with Gasteiger partial charge < -0.3 is 15.5 Å². The molecular formula is C20H16FN5O3S2. The van der Waals surface area contributed by atoms with E-state index >= 15 is 0 Å². The molecule has 0 spiro atoms. The van der Waals surface area contributed by atoms with Crippen LogP contribution in [0.1, 0.15) is 30.9 Å². The van der Waals surface area contributed by atoms with Crippen molar-refractivity contribution in [1.29, 1.82) is 0 Å². The van der Waals surface area contributed by atoms with Gasteiger partial charge in [0.1, 0.15) is 33.8 Å². The highest BCUT2D eigenvalue weighted by atomic mass is 32.1. The van der Waals surface area contributed by atoms with E-state index in [2.05, 4.69) is 20.3 Å². The number of halogens is 1. The lowest BCUT2D eigenvalue weighted by Gasteiger charge is -2.03. The molecule has 0 saturated carbocycles. The second kappa shape index (κ2) is 8.66. The molecule has 2 amide bonds. The van der Waals surface area contributed by atoms with Crippen LogP contribution >= 0.6 is 22.7 Å². The van der Waals surface area contributed by atoms with Crippen molar-refractivity contribution in [3.05, 3.63) is 69.0 Å². The number of aromatic nitrogens is 3. The SMILES string of the molecule is Cc1nc(COc2ccc(F)cc2)sc1C(=O)Nc1nc(-c2c[nH]c(C(N)=O)c2)cs1. The zero-order valence-electron chi connectivity index (χ0n) is 16.1. The number of anilines is 1. The molecule has 0 unspecified atom stereocenters. The van der Waals surface area contributed by atoms with Crippen molar-refractivity contribution in [2.75, 3.05) is 5.32 Å². The number of rotatable bonds is 7.